The van der Waals surface area contributed by atoms with Crippen LogP contribution in [0.25, 0.3) is 22.3 Å². The van der Waals surface area contributed by atoms with Crippen LogP contribution >= 0.6 is 23.8 Å². The van der Waals surface area contributed by atoms with Gasteiger partial charge in [0.05, 0.1) is 29.0 Å². The van der Waals surface area contributed by atoms with Gasteiger partial charge in [0.15, 0.2) is 5.11 Å². The van der Waals surface area contributed by atoms with E-state index in [-0.39, 0.29) is 40.4 Å². The molecule has 6 rings (SSSR count). The van der Waals surface area contributed by atoms with Gasteiger partial charge in [0, 0.05) is 27.1 Å². The third-order valence-electron chi connectivity index (χ3n) is 7.38. The summed E-state index contributed by atoms with van der Waals surface area (Å²) in [5.41, 5.74) is 1.40. The number of esters is 2. The molecule has 0 radical (unpaired) electrons. The summed E-state index contributed by atoms with van der Waals surface area (Å²) >= 11 is 11.1. The Balaban J connectivity index is 1.26. The number of thiocarbonyl (C=S) groups is 1. The first kappa shape index (κ1) is 27.6. The standard InChI is InChI=1S/C30H23ClN4O6S/c1-2-30(41-24(36)13-32-29(42)34-26(37)17-7-5-8-19(31)11-17)21-12-23-25-18(10-16-6-3-4-9-22(16)33-25)14-35(23)27(38)20(21)15-40-28(30)39/h3-12H,2,13-15H2,1H3,(H2,32,34,37,42)/t30-/m0/s1. The van der Waals surface area contributed by atoms with E-state index in [0.717, 1.165) is 16.5 Å². The van der Waals surface area contributed by atoms with E-state index in [1.807, 2.05) is 30.3 Å². The number of fused-ring (bicyclic) bond motifs is 5. The molecule has 0 saturated heterocycles. The highest BCUT2D eigenvalue weighted by Crippen LogP contribution is 2.40. The summed E-state index contributed by atoms with van der Waals surface area (Å²) in [7, 11) is 0. The van der Waals surface area contributed by atoms with Crippen molar-refractivity contribution in [3.63, 3.8) is 0 Å². The van der Waals surface area contributed by atoms with Crippen molar-refractivity contribution in [1.29, 1.82) is 0 Å². The predicted molar refractivity (Wildman–Crippen MR) is 158 cm³/mol. The Morgan fingerprint density at radius 2 is 1.95 bits per heavy atom. The number of ether oxygens (including phenoxy) is 2. The molecule has 0 fully saturated rings. The van der Waals surface area contributed by atoms with Crippen LogP contribution in [0.5, 0.6) is 0 Å². The van der Waals surface area contributed by atoms with Gasteiger partial charge in [-0.1, -0.05) is 42.8 Å². The number of pyridine rings is 2. The maximum Gasteiger partial charge on any atom is 0.355 e. The van der Waals surface area contributed by atoms with Gasteiger partial charge in [-0.3, -0.25) is 19.7 Å². The van der Waals surface area contributed by atoms with E-state index in [2.05, 4.69) is 10.6 Å². The smallest absolute Gasteiger partial charge is 0.355 e. The Kier molecular flexibility index (Phi) is 6.99. The first-order chi connectivity index (χ1) is 20.2. The average Bonchev–Trinajstić information content (AvgIpc) is 3.34. The largest absolute Gasteiger partial charge is 0.457 e. The molecule has 0 bridgehead atoms. The Morgan fingerprint density at radius 3 is 2.74 bits per heavy atom. The molecule has 1 atom stereocenters. The molecule has 0 spiro atoms. The van der Waals surface area contributed by atoms with Gasteiger partial charge in [-0.15, -0.1) is 0 Å². The predicted octanol–water partition coefficient (Wildman–Crippen LogP) is 3.59. The highest BCUT2D eigenvalue weighted by Gasteiger charge is 2.50. The zero-order chi connectivity index (χ0) is 29.6. The van der Waals surface area contributed by atoms with Crippen LogP contribution in [-0.2, 0) is 37.8 Å². The summed E-state index contributed by atoms with van der Waals surface area (Å²) in [5, 5.41) is 6.28. The van der Waals surface area contributed by atoms with Gasteiger partial charge in [0.25, 0.3) is 11.5 Å². The Morgan fingerprint density at radius 1 is 1.14 bits per heavy atom. The second-order valence-corrected chi connectivity index (χ2v) is 10.7. The third kappa shape index (κ3) is 4.70. The van der Waals surface area contributed by atoms with E-state index < -0.39 is 30.0 Å². The normalized spacial score (nSPS) is 16.6. The molecular formula is C30H23ClN4O6S. The summed E-state index contributed by atoms with van der Waals surface area (Å²) in [6.07, 6.45) is 0.0153. The van der Waals surface area contributed by atoms with Gasteiger partial charge in [-0.05, 0) is 55.0 Å². The highest BCUT2D eigenvalue weighted by atomic mass is 35.5. The molecule has 2 aliphatic rings. The molecule has 2 aromatic heterocycles. The van der Waals surface area contributed by atoms with Crippen LogP contribution in [0.1, 0.15) is 40.4 Å². The second kappa shape index (κ2) is 10.7. The van der Waals surface area contributed by atoms with Crippen LogP contribution in [0.15, 0.2) is 65.5 Å². The minimum atomic E-state index is -1.85. The maximum absolute atomic E-state index is 13.6. The van der Waals surface area contributed by atoms with Gasteiger partial charge in [-0.25, -0.2) is 9.78 Å². The molecule has 10 nitrogen and oxygen atoms in total. The van der Waals surface area contributed by atoms with Crippen molar-refractivity contribution in [2.24, 2.45) is 0 Å². The number of halogens is 1. The number of rotatable bonds is 5. The lowest BCUT2D eigenvalue weighted by atomic mass is 9.85. The molecule has 4 heterocycles. The van der Waals surface area contributed by atoms with Gasteiger partial charge >= 0.3 is 11.9 Å². The van der Waals surface area contributed by atoms with Crippen LogP contribution in [-0.4, -0.2) is 39.1 Å². The molecule has 0 saturated carbocycles. The minimum Gasteiger partial charge on any atom is -0.457 e. The van der Waals surface area contributed by atoms with Crippen molar-refractivity contribution in [1.82, 2.24) is 20.2 Å². The lowest BCUT2D eigenvalue weighted by Gasteiger charge is -2.35. The first-order valence-electron chi connectivity index (χ1n) is 13.1. The number of nitrogens with zero attached hydrogens (tertiary/aromatic N) is 2. The number of aromatic nitrogens is 2. The van der Waals surface area contributed by atoms with Gasteiger partial charge in [0.1, 0.15) is 13.2 Å². The molecule has 0 aliphatic carbocycles. The SMILES string of the molecule is CC[C@@]1(OC(=O)CNC(=S)NC(=O)c2cccc(Cl)c2)C(=O)OCc2c1cc1n(c2=O)Cc2cc3ccccc3nc2-1. The van der Waals surface area contributed by atoms with Crippen LogP contribution in [0.2, 0.25) is 5.02 Å². The van der Waals surface area contributed by atoms with Crippen molar-refractivity contribution in [3.05, 3.63) is 98.3 Å². The van der Waals surface area contributed by atoms with Crippen molar-refractivity contribution < 1.29 is 23.9 Å². The van der Waals surface area contributed by atoms with E-state index in [1.165, 1.54) is 6.07 Å². The minimum absolute atomic E-state index is 0.0153. The number of hydrogen-bond acceptors (Lipinski definition) is 8. The van der Waals surface area contributed by atoms with Crippen molar-refractivity contribution in [2.45, 2.75) is 32.1 Å². The van der Waals surface area contributed by atoms with Crippen molar-refractivity contribution >= 4 is 57.7 Å². The molecule has 2 N–H and O–H groups in total. The molecular weight excluding hydrogens is 580 g/mol. The second-order valence-electron chi connectivity index (χ2n) is 9.88. The molecule has 2 aromatic carbocycles. The number of amides is 1. The van der Waals surface area contributed by atoms with E-state index >= 15 is 0 Å². The van der Waals surface area contributed by atoms with Gasteiger partial charge in [0.2, 0.25) is 5.60 Å². The molecule has 1 amide bonds. The maximum atomic E-state index is 13.6. The molecule has 2 aliphatic heterocycles. The van der Waals surface area contributed by atoms with Gasteiger partial charge in [-0.2, -0.15) is 0 Å². The molecule has 4 aromatic rings. The number of carbonyl (C=O) groups excluding carboxylic acids is 3. The Labute approximate surface area is 249 Å². The van der Waals surface area contributed by atoms with E-state index in [0.29, 0.717) is 23.0 Å². The lowest BCUT2D eigenvalue weighted by Crippen LogP contribution is -2.49. The summed E-state index contributed by atoms with van der Waals surface area (Å²) in [5.74, 6) is -2.14. The highest BCUT2D eigenvalue weighted by molar-refractivity contribution is 7.80. The number of hydrogen-bond donors (Lipinski definition) is 2. The number of nitrogens with one attached hydrogen (secondary N) is 2. The fraction of sp³-hybridized carbons (Fsp3) is 0.200. The Bertz CT molecular complexity index is 1890. The average molecular weight is 603 g/mol. The monoisotopic (exact) mass is 602 g/mol. The molecule has 212 valence electrons. The Hall–Kier alpha value is -4.61. The topological polar surface area (TPSA) is 129 Å². The zero-order valence-corrected chi connectivity index (χ0v) is 23.8. The fourth-order valence-electron chi connectivity index (χ4n) is 5.31. The van der Waals surface area contributed by atoms with Crippen molar-refractivity contribution in [2.75, 3.05) is 6.54 Å². The van der Waals surface area contributed by atoms with E-state index in [9.17, 15) is 19.2 Å². The molecule has 0 unspecified atom stereocenters. The quantitative estimate of drug-likeness (QED) is 0.229. The zero-order valence-electron chi connectivity index (χ0n) is 22.2. The van der Waals surface area contributed by atoms with Crippen LogP contribution in [0.3, 0.4) is 0 Å². The fourth-order valence-corrected chi connectivity index (χ4v) is 5.67. The summed E-state index contributed by atoms with van der Waals surface area (Å²) in [6.45, 7) is 1.29. The lowest BCUT2D eigenvalue weighted by molar-refractivity contribution is -0.188. The van der Waals surface area contributed by atoms with Gasteiger partial charge < -0.3 is 19.4 Å². The summed E-state index contributed by atoms with van der Waals surface area (Å²) in [6, 6.07) is 17.6. The third-order valence-corrected chi connectivity index (χ3v) is 7.86. The number of cyclic esters (lactones) is 1. The van der Waals surface area contributed by atoms with E-state index in [1.54, 1.807) is 35.8 Å². The van der Waals surface area contributed by atoms with Crippen LogP contribution in [0.4, 0.5) is 0 Å². The number of benzene rings is 2. The summed E-state index contributed by atoms with van der Waals surface area (Å²) in [4.78, 5) is 57.1. The van der Waals surface area contributed by atoms with Crippen LogP contribution in [0, 0.1) is 0 Å². The molecule has 42 heavy (non-hydrogen) atoms. The number of carbonyl (C=O) groups is 3. The molecule has 12 heteroatoms. The van der Waals surface area contributed by atoms with Crippen molar-refractivity contribution in [3.8, 4) is 11.4 Å². The summed E-state index contributed by atoms with van der Waals surface area (Å²) < 4.78 is 12.7. The number of para-hydroxylation sites is 1. The van der Waals surface area contributed by atoms with E-state index in [4.69, 9.17) is 38.3 Å². The van der Waals surface area contributed by atoms with Crippen LogP contribution < -0.4 is 16.2 Å². The first-order valence-corrected chi connectivity index (χ1v) is 13.9.